The van der Waals surface area contributed by atoms with E-state index in [1.165, 1.54) is 6.42 Å². The minimum atomic E-state index is 0.333. The van der Waals surface area contributed by atoms with Crippen LogP contribution < -0.4 is 5.73 Å². The van der Waals surface area contributed by atoms with Crippen LogP contribution in [0.3, 0.4) is 0 Å². The van der Waals surface area contributed by atoms with Gasteiger partial charge in [0.1, 0.15) is 0 Å². The molecule has 2 atom stereocenters. The monoisotopic (exact) mass is 143 g/mol. The largest absolute Gasteiger partial charge is 0.377 e. The van der Waals surface area contributed by atoms with Gasteiger partial charge in [0.2, 0.25) is 0 Å². The second-order valence-electron chi connectivity index (χ2n) is 3.34. The molecule has 1 aliphatic rings. The van der Waals surface area contributed by atoms with Gasteiger partial charge < -0.3 is 10.5 Å². The Hall–Kier alpha value is -0.0800. The summed E-state index contributed by atoms with van der Waals surface area (Å²) in [5.74, 6) is 1.42. The Balaban J connectivity index is 2.42. The van der Waals surface area contributed by atoms with Gasteiger partial charge in [0.25, 0.3) is 0 Å². The molecule has 0 radical (unpaired) electrons. The molecule has 1 saturated heterocycles. The molecule has 0 saturated carbocycles. The van der Waals surface area contributed by atoms with Crippen LogP contribution >= 0.6 is 0 Å². The number of hydrogen-bond acceptors (Lipinski definition) is 2. The summed E-state index contributed by atoms with van der Waals surface area (Å²) in [5, 5.41) is 0. The predicted molar refractivity (Wildman–Crippen MR) is 41.7 cm³/mol. The van der Waals surface area contributed by atoms with Gasteiger partial charge in [-0.1, -0.05) is 13.8 Å². The molecule has 2 heteroatoms. The molecule has 60 valence electrons. The normalized spacial score (nSPS) is 33.6. The molecule has 1 aliphatic heterocycles. The number of rotatable bonds is 2. The van der Waals surface area contributed by atoms with E-state index in [1.54, 1.807) is 0 Å². The summed E-state index contributed by atoms with van der Waals surface area (Å²) >= 11 is 0. The molecule has 0 bridgehead atoms. The van der Waals surface area contributed by atoms with Gasteiger partial charge >= 0.3 is 0 Å². The first-order chi connectivity index (χ1) is 4.75. The Bertz CT molecular complexity index is 103. The van der Waals surface area contributed by atoms with Crippen molar-refractivity contribution in [3.05, 3.63) is 0 Å². The molecule has 2 N–H and O–H groups in total. The van der Waals surface area contributed by atoms with Gasteiger partial charge in [-0.2, -0.15) is 0 Å². The third kappa shape index (κ3) is 1.50. The summed E-state index contributed by atoms with van der Waals surface area (Å²) in [6.07, 6.45) is 1.53. The van der Waals surface area contributed by atoms with Gasteiger partial charge in [0, 0.05) is 13.2 Å². The number of hydrogen-bond donors (Lipinski definition) is 1. The molecule has 0 unspecified atom stereocenters. The lowest BCUT2D eigenvalue weighted by molar-refractivity contribution is 0.0863. The average Bonchev–Trinajstić information content (AvgIpc) is 2.33. The summed E-state index contributed by atoms with van der Waals surface area (Å²) in [7, 11) is 0. The van der Waals surface area contributed by atoms with Gasteiger partial charge in [0.05, 0.1) is 6.10 Å². The maximum absolute atomic E-state index is 5.54. The fourth-order valence-electron chi connectivity index (χ4n) is 1.67. The zero-order chi connectivity index (χ0) is 7.56. The van der Waals surface area contributed by atoms with E-state index in [1.807, 2.05) is 0 Å². The van der Waals surface area contributed by atoms with Crippen molar-refractivity contribution in [1.29, 1.82) is 0 Å². The van der Waals surface area contributed by atoms with Crippen molar-refractivity contribution in [3.8, 4) is 0 Å². The molecular weight excluding hydrogens is 126 g/mol. The summed E-state index contributed by atoms with van der Waals surface area (Å²) in [5.41, 5.74) is 5.54. The molecule has 1 rings (SSSR count). The highest BCUT2D eigenvalue weighted by Gasteiger charge is 2.28. The second kappa shape index (κ2) is 3.35. The van der Waals surface area contributed by atoms with Gasteiger partial charge in [-0.3, -0.25) is 0 Å². The Kier molecular flexibility index (Phi) is 2.69. The first kappa shape index (κ1) is 8.02. The molecule has 0 amide bonds. The van der Waals surface area contributed by atoms with Crippen molar-refractivity contribution in [1.82, 2.24) is 0 Å². The minimum Gasteiger partial charge on any atom is -0.377 e. The van der Waals surface area contributed by atoms with E-state index in [0.717, 1.165) is 12.5 Å². The minimum absolute atomic E-state index is 0.333. The quantitative estimate of drug-likeness (QED) is 0.626. The molecule has 1 fully saturated rings. The Morgan fingerprint density at radius 3 is 2.70 bits per heavy atom. The van der Waals surface area contributed by atoms with Crippen LogP contribution in [0.25, 0.3) is 0 Å². The first-order valence-corrected chi connectivity index (χ1v) is 4.07. The van der Waals surface area contributed by atoms with Crippen molar-refractivity contribution in [2.45, 2.75) is 26.4 Å². The molecule has 0 aromatic rings. The smallest absolute Gasteiger partial charge is 0.0728 e. The maximum atomic E-state index is 5.54. The van der Waals surface area contributed by atoms with Crippen molar-refractivity contribution in [2.24, 2.45) is 17.6 Å². The SMILES string of the molecule is CC(C)[C@H]1CCO[C@H]1CN. The molecule has 1 heterocycles. The lowest BCUT2D eigenvalue weighted by atomic mass is 9.90. The fraction of sp³-hybridized carbons (Fsp3) is 1.00. The first-order valence-electron chi connectivity index (χ1n) is 4.07. The molecule has 0 spiro atoms. The van der Waals surface area contributed by atoms with Crippen molar-refractivity contribution in [3.63, 3.8) is 0 Å². The maximum Gasteiger partial charge on any atom is 0.0728 e. The fourth-order valence-corrected chi connectivity index (χ4v) is 1.67. The third-order valence-corrected chi connectivity index (χ3v) is 2.35. The number of ether oxygens (including phenoxy) is 1. The molecule has 10 heavy (non-hydrogen) atoms. The van der Waals surface area contributed by atoms with Crippen LogP contribution in [0, 0.1) is 11.8 Å². The lowest BCUT2D eigenvalue weighted by Crippen LogP contribution is -2.28. The summed E-state index contributed by atoms with van der Waals surface area (Å²) in [4.78, 5) is 0. The molecule has 0 aromatic heterocycles. The van der Waals surface area contributed by atoms with Crippen molar-refractivity contribution >= 4 is 0 Å². The van der Waals surface area contributed by atoms with Crippen LogP contribution in [0.1, 0.15) is 20.3 Å². The standard InChI is InChI=1S/C8H17NO/c1-6(2)7-3-4-10-8(7)5-9/h6-8H,3-5,9H2,1-2H3/t7-,8+/m1/s1. The van der Waals surface area contributed by atoms with Gasteiger partial charge in [0.15, 0.2) is 0 Å². The van der Waals surface area contributed by atoms with Gasteiger partial charge in [-0.05, 0) is 18.3 Å². The van der Waals surface area contributed by atoms with Crippen LogP contribution in [0.2, 0.25) is 0 Å². The van der Waals surface area contributed by atoms with Crippen LogP contribution in [-0.4, -0.2) is 19.3 Å². The summed E-state index contributed by atoms with van der Waals surface area (Å²) in [6.45, 7) is 6.07. The highest BCUT2D eigenvalue weighted by atomic mass is 16.5. The molecule has 2 nitrogen and oxygen atoms in total. The highest BCUT2D eigenvalue weighted by molar-refractivity contribution is 4.78. The predicted octanol–water partition coefficient (Wildman–Crippen LogP) is 1.01. The van der Waals surface area contributed by atoms with Crippen molar-refractivity contribution < 1.29 is 4.74 Å². The van der Waals surface area contributed by atoms with Crippen LogP contribution in [0.5, 0.6) is 0 Å². The van der Waals surface area contributed by atoms with Crippen LogP contribution in [-0.2, 0) is 4.74 Å². The molecular formula is C8H17NO. The van der Waals surface area contributed by atoms with E-state index in [4.69, 9.17) is 10.5 Å². The Morgan fingerprint density at radius 1 is 1.60 bits per heavy atom. The van der Waals surface area contributed by atoms with Gasteiger partial charge in [-0.15, -0.1) is 0 Å². The number of nitrogens with two attached hydrogens (primary N) is 1. The molecule has 0 aromatic carbocycles. The summed E-state index contributed by atoms with van der Waals surface area (Å²) in [6, 6.07) is 0. The van der Waals surface area contributed by atoms with Gasteiger partial charge in [-0.25, -0.2) is 0 Å². The topological polar surface area (TPSA) is 35.2 Å². The van der Waals surface area contributed by atoms with Crippen LogP contribution in [0.15, 0.2) is 0 Å². The lowest BCUT2D eigenvalue weighted by Gasteiger charge is -2.19. The van der Waals surface area contributed by atoms with E-state index in [2.05, 4.69) is 13.8 Å². The van der Waals surface area contributed by atoms with Crippen LogP contribution in [0.4, 0.5) is 0 Å². The van der Waals surface area contributed by atoms with E-state index < -0.39 is 0 Å². The zero-order valence-corrected chi connectivity index (χ0v) is 6.84. The van der Waals surface area contributed by atoms with Crippen molar-refractivity contribution in [2.75, 3.05) is 13.2 Å². The Morgan fingerprint density at radius 2 is 2.30 bits per heavy atom. The highest BCUT2D eigenvalue weighted by Crippen LogP contribution is 2.26. The second-order valence-corrected chi connectivity index (χ2v) is 3.34. The van der Waals surface area contributed by atoms with E-state index in [-0.39, 0.29) is 0 Å². The van der Waals surface area contributed by atoms with E-state index in [9.17, 15) is 0 Å². The molecule has 0 aliphatic carbocycles. The van der Waals surface area contributed by atoms with E-state index >= 15 is 0 Å². The third-order valence-electron chi connectivity index (χ3n) is 2.35. The summed E-state index contributed by atoms with van der Waals surface area (Å²) < 4.78 is 5.45. The van der Waals surface area contributed by atoms with E-state index in [0.29, 0.717) is 18.6 Å². The Labute approximate surface area is 62.7 Å². The zero-order valence-electron chi connectivity index (χ0n) is 6.84. The average molecular weight is 143 g/mol.